The van der Waals surface area contributed by atoms with Crippen LogP contribution in [0.3, 0.4) is 0 Å². The standard InChI is InChI=1S/C27H30FN5O3/c1-3-15-33-25(35)23-22(24(34)29-14-13-19-7-5-4-6-8-19)31-18-32(23)17-27(33,2)26(36)30-16-20-9-11-21(28)12-10-20/h4-12,18H,3,13-17H2,1-2H3,(H,29,34)(H,30,36)/t27-/m1/s1. The monoisotopic (exact) mass is 491 g/mol. The second kappa shape index (κ2) is 10.7. The van der Waals surface area contributed by atoms with Crippen LogP contribution in [0.2, 0.25) is 0 Å². The maximum Gasteiger partial charge on any atom is 0.273 e. The van der Waals surface area contributed by atoms with Crippen molar-refractivity contribution >= 4 is 17.7 Å². The lowest BCUT2D eigenvalue weighted by Crippen LogP contribution is -2.64. The highest BCUT2D eigenvalue weighted by molar-refractivity contribution is 6.07. The number of amides is 3. The van der Waals surface area contributed by atoms with Crippen molar-refractivity contribution in [1.29, 1.82) is 0 Å². The van der Waals surface area contributed by atoms with Crippen LogP contribution in [0, 0.1) is 5.82 Å². The highest BCUT2D eigenvalue weighted by Gasteiger charge is 2.48. The number of aromatic nitrogens is 2. The smallest absolute Gasteiger partial charge is 0.273 e. The van der Waals surface area contributed by atoms with Gasteiger partial charge in [0.15, 0.2) is 5.69 Å². The highest BCUT2D eigenvalue weighted by Crippen LogP contribution is 2.29. The lowest BCUT2D eigenvalue weighted by atomic mass is 9.94. The van der Waals surface area contributed by atoms with E-state index < -0.39 is 17.4 Å². The Kier molecular flexibility index (Phi) is 7.47. The van der Waals surface area contributed by atoms with Gasteiger partial charge in [0, 0.05) is 19.6 Å². The largest absolute Gasteiger partial charge is 0.350 e. The normalized spacial score (nSPS) is 17.0. The van der Waals surface area contributed by atoms with E-state index in [2.05, 4.69) is 15.6 Å². The van der Waals surface area contributed by atoms with Crippen LogP contribution in [0.1, 0.15) is 52.4 Å². The van der Waals surface area contributed by atoms with Gasteiger partial charge in [-0.15, -0.1) is 0 Å². The number of nitrogens with one attached hydrogen (secondary N) is 2. The van der Waals surface area contributed by atoms with Crippen LogP contribution >= 0.6 is 0 Å². The summed E-state index contributed by atoms with van der Waals surface area (Å²) in [5.41, 5.74) is 0.905. The van der Waals surface area contributed by atoms with Gasteiger partial charge in [-0.3, -0.25) is 14.4 Å². The van der Waals surface area contributed by atoms with Gasteiger partial charge in [0.25, 0.3) is 11.8 Å². The van der Waals surface area contributed by atoms with Gasteiger partial charge in [0.05, 0.1) is 12.9 Å². The predicted molar refractivity (Wildman–Crippen MR) is 133 cm³/mol. The van der Waals surface area contributed by atoms with Crippen LogP contribution in [0.15, 0.2) is 60.9 Å². The number of benzene rings is 2. The second-order valence-corrected chi connectivity index (χ2v) is 9.10. The van der Waals surface area contributed by atoms with Crippen LogP contribution in [0.4, 0.5) is 4.39 Å². The molecular formula is C27H30FN5O3. The number of carbonyl (C=O) groups is 3. The van der Waals surface area contributed by atoms with Crippen LogP contribution < -0.4 is 10.6 Å². The molecule has 1 aliphatic rings. The fraction of sp³-hybridized carbons (Fsp3) is 0.333. The average molecular weight is 492 g/mol. The quantitative estimate of drug-likeness (QED) is 0.481. The first kappa shape index (κ1) is 25.1. The zero-order valence-corrected chi connectivity index (χ0v) is 20.5. The first-order valence-electron chi connectivity index (χ1n) is 12.1. The molecule has 3 amide bonds. The lowest BCUT2D eigenvalue weighted by Gasteiger charge is -2.43. The number of carbonyl (C=O) groups excluding carboxylic acids is 3. The van der Waals surface area contributed by atoms with E-state index in [1.807, 2.05) is 37.3 Å². The minimum atomic E-state index is -1.18. The Balaban J connectivity index is 1.49. The van der Waals surface area contributed by atoms with Crippen molar-refractivity contribution in [1.82, 2.24) is 25.1 Å². The Morgan fingerprint density at radius 1 is 1.06 bits per heavy atom. The molecule has 0 saturated carbocycles. The summed E-state index contributed by atoms with van der Waals surface area (Å²) in [5, 5.41) is 5.72. The van der Waals surface area contributed by atoms with Gasteiger partial charge in [-0.05, 0) is 43.0 Å². The van der Waals surface area contributed by atoms with E-state index in [-0.39, 0.29) is 36.2 Å². The molecule has 1 aliphatic heterocycles. The molecule has 0 bridgehead atoms. The topological polar surface area (TPSA) is 96.3 Å². The van der Waals surface area contributed by atoms with Crippen LogP contribution in [0.5, 0.6) is 0 Å². The third-order valence-corrected chi connectivity index (χ3v) is 6.42. The maximum atomic E-state index is 13.6. The Bertz CT molecular complexity index is 1240. The number of halogens is 1. The molecular weight excluding hydrogens is 461 g/mol. The fourth-order valence-electron chi connectivity index (χ4n) is 4.45. The molecule has 0 aliphatic carbocycles. The molecule has 4 rings (SSSR count). The molecule has 3 aromatic rings. The van der Waals surface area contributed by atoms with Crippen molar-refractivity contribution in [2.75, 3.05) is 13.1 Å². The van der Waals surface area contributed by atoms with Crippen molar-refractivity contribution in [2.24, 2.45) is 0 Å². The van der Waals surface area contributed by atoms with E-state index in [1.54, 1.807) is 23.6 Å². The molecule has 2 aromatic carbocycles. The number of hydrogen-bond acceptors (Lipinski definition) is 4. The highest BCUT2D eigenvalue weighted by atomic mass is 19.1. The van der Waals surface area contributed by atoms with E-state index in [9.17, 15) is 18.8 Å². The maximum absolute atomic E-state index is 13.6. The summed E-state index contributed by atoms with van der Waals surface area (Å²) in [6.07, 6.45) is 2.73. The van der Waals surface area contributed by atoms with Crippen LogP contribution in [-0.2, 0) is 24.3 Å². The molecule has 1 aromatic heterocycles. The molecule has 2 N–H and O–H groups in total. The van der Waals surface area contributed by atoms with Gasteiger partial charge >= 0.3 is 0 Å². The van der Waals surface area contributed by atoms with E-state index in [4.69, 9.17) is 0 Å². The first-order valence-corrected chi connectivity index (χ1v) is 12.1. The summed E-state index contributed by atoms with van der Waals surface area (Å²) in [5.74, 6) is -1.51. The number of rotatable bonds is 9. The van der Waals surface area contributed by atoms with Crippen molar-refractivity contribution in [3.63, 3.8) is 0 Å². The minimum Gasteiger partial charge on any atom is -0.350 e. The van der Waals surface area contributed by atoms with E-state index >= 15 is 0 Å². The molecule has 8 nitrogen and oxygen atoms in total. The molecule has 2 heterocycles. The summed E-state index contributed by atoms with van der Waals surface area (Å²) < 4.78 is 14.8. The zero-order chi connectivity index (χ0) is 25.7. The van der Waals surface area contributed by atoms with Crippen molar-refractivity contribution in [3.05, 3.63) is 89.3 Å². The number of fused-ring (bicyclic) bond motifs is 1. The Morgan fingerprint density at radius 3 is 2.47 bits per heavy atom. The molecule has 0 spiro atoms. The number of nitrogens with zero attached hydrogens (tertiary/aromatic N) is 3. The molecule has 0 saturated heterocycles. The predicted octanol–water partition coefficient (Wildman–Crippen LogP) is 2.94. The third-order valence-electron chi connectivity index (χ3n) is 6.42. The van der Waals surface area contributed by atoms with Crippen molar-refractivity contribution in [3.8, 4) is 0 Å². The lowest BCUT2D eigenvalue weighted by molar-refractivity contribution is -0.133. The summed E-state index contributed by atoms with van der Waals surface area (Å²) in [7, 11) is 0. The van der Waals surface area contributed by atoms with Gasteiger partial charge in [-0.1, -0.05) is 49.4 Å². The van der Waals surface area contributed by atoms with Gasteiger partial charge in [-0.2, -0.15) is 0 Å². The first-order chi connectivity index (χ1) is 17.3. The van der Waals surface area contributed by atoms with E-state index in [0.29, 0.717) is 25.9 Å². The third kappa shape index (κ3) is 5.15. The molecule has 0 fully saturated rings. The summed E-state index contributed by atoms with van der Waals surface area (Å²) in [6.45, 7) is 4.75. The van der Waals surface area contributed by atoms with Gasteiger partial charge < -0.3 is 20.1 Å². The summed E-state index contributed by atoms with van der Waals surface area (Å²) >= 11 is 0. The Labute approximate surface area is 209 Å². The average Bonchev–Trinajstić information content (AvgIpc) is 3.30. The van der Waals surface area contributed by atoms with Gasteiger partial charge in [0.1, 0.15) is 17.1 Å². The fourth-order valence-corrected chi connectivity index (χ4v) is 4.45. The number of imidazole rings is 1. The van der Waals surface area contributed by atoms with Gasteiger partial charge in [-0.25, -0.2) is 9.37 Å². The molecule has 9 heteroatoms. The number of hydrogen-bond donors (Lipinski definition) is 2. The minimum absolute atomic E-state index is 0.0583. The summed E-state index contributed by atoms with van der Waals surface area (Å²) in [4.78, 5) is 45.6. The SMILES string of the molecule is CCCN1C(=O)c2c(C(=O)NCCc3ccccc3)ncn2C[C@]1(C)C(=O)NCc1ccc(F)cc1. The van der Waals surface area contributed by atoms with Crippen LogP contribution in [0.25, 0.3) is 0 Å². The Morgan fingerprint density at radius 2 is 1.78 bits per heavy atom. The molecule has 188 valence electrons. The summed E-state index contributed by atoms with van der Waals surface area (Å²) in [6, 6.07) is 15.7. The Hall–Kier alpha value is -4.01. The van der Waals surface area contributed by atoms with Gasteiger partial charge in [0.2, 0.25) is 5.91 Å². The zero-order valence-electron chi connectivity index (χ0n) is 20.5. The molecule has 1 atom stereocenters. The molecule has 36 heavy (non-hydrogen) atoms. The van der Waals surface area contributed by atoms with Crippen LogP contribution in [-0.4, -0.2) is 50.8 Å². The molecule has 0 radical (unpaired) electrons. The van der Waals surface area contributed by atoms with E-state index in [1.165, 1.54) is 23.4 Å². The van der Waals surface area contributed by atoms with Crippen molar-refractivity contribution in [2.45, 2.75) is 45.3 Å². The second-order valence-electron chi connectivity index (χ2n) is 9.10. The van der Waals surface area contributed by atoms with E-state index in [0.717, 1.165) is 11.1 Å². The molecule has 0 unspecified atom stereocenters. The van der Waals surface area contributed by atoms with Crippen molar-refractivity contribution < 1.29 is 18.8 Å².